The van der Waals surface area contributed by atoms with Gasteiger partial charge in [-0.25, -0.2) is 0 Å². The van der Waals surface area contributed by atoms with Crippen LogP contribution in [0.4, 0.5) is 0 Å². The molecule has 2 rings (SSSR count). The Kier molecular flexibility index (Phi) is 3.84. The molecule has 0 amide bonds. The minimum atomic E-state index is 0.777. The lowest BCUT2D eigenvalue weighted by Gasteiger charge is -2.10. The predicted octanol–water partition coefficient (Wildman–Crippen LogP) is 2.93. The minimum Gasteiger partial charge on any atom is -0.354 e. The minimum absolute atomic E-state index is 0.777. The standard InChI is InChI=1S/C13H22N2/c1-2-8-15-9-7-12(11-15)10-14-13-5-3-4-6-13/h7,9,11,13-14H,2-6,8,10H2,1H3. The summed E-state index contributed by atoms with van der Waals surface area (Å²) in [5, 5.41) is 3.64. The van der Waals surface area contributed by atoms with Crippen LogP contribution in [0.25, 0.3) is 0 Å². The third-order valence-electron chi connectivity index (χ3n) is 3.24. The molecule has 0 spiro atoms. The molecule has 0 unspecified atom stereocenters. The van der Waals surface area contributed by atoms with Gasteiger partial charge in [-0.05, 0) is 30.9 Å². The molecule has 2 nitrogen and oxygen atoms in total. The van der Waals surface area contributed by atoms with Crippen LogP contribution in [0.3, 0.4) is 0 Å². The summed E-state index contributed by atoms with van der Waals surface area (Å²) < 4.78 is 2.28. The number of nitrogens with one attached hydrogen (secondary N) is 1. The highest BCUT2D eigenvalue weighted by Gasteiger charge is 2.13. The van der Waals surface area contributed by atoms with Crippen molar-refractivity contribution in [2.45, 2.75) is 58.2 Å². The molecule has 0 aromatic carbocycles. The van der Waals surface area contributed by atoms with Crippen molar-refractivity contribution < 1.29 is 0 Å². The summed E-state index contributed by atoms with van der Waals surface area (Å²) in [4.78, 5) is 0. The van der Waals surface area contributed by atoms with Crippen molar-refractivity contribution in [2.75, 3.05) is 0 Å². The van der Waals surface area contributed by atoms with Gasteiger partial charge in [0.1, 0.15) is 0 Å². The number of hydrogen-bond acceptors (Lipinski definition) is 1. The highest BCUT2D eigenvalue weighted by Crippen LogP contribution is 2.18. The monoisotopic (exact) mass is 206 g/mol. The fourth-order valence-corrected chi connectivity index (χ4v) is 2.38. The van der Waals surface area contributed by atoms with Crippen LogP contribution in [-0.2, 0) is 13.1 Å². The number of nitrogens with zero attached hydrogens (tertiary/aromatic N) is 1. The summed E-state index contributed by atoms with van der Waals surface area (Å²) in [6.07, 6.45) is 11.2. The molecule has 1 aromatic rings. The maximum atomic E-state index is 3.64. The van der Waals surface area contributed by atoms with Crippen molar-refractivity contribution in [2.24, 2.45) is 0 Å². The quantitative estimate of drug-likeness (QED) is 0.784. The van der Waals surface area contributed by atoms with Crippen LogP contribution in [0.1, 0.15) is 44.6 Å². The average molecular weight is 206 g/mol. The van der Waals surface area contributed by atoms with Gasteiger partial charge >= 0.3 is 0 Å². The van der Waals surface area contributed by atoms with E-state index in [0.29, 0.717) is 0 Å². The average Bonchev–Trinajstić information content (AvgIpc) is 2.85. The Morgan fingerprint density at radius 2 is 2.20 bits per heavy atom. The summed E-state index contributed by atoms with van der Waals surface area (Å²) in [6.45, 7) is 4.40. The summed E-state index contributed by atoms with van der Waals surface area (Å²) in [7, 11) is 0. The summed E-state index contributed by atoms with van der Waals surface area (Å²) in [5.74, 6) is 0. The van der Waals surface area contributed by atoms with E-state index in [9.17, 15) is 0 Å². The van der Waals surface area contributed by atoms with Crippen molar-refractivity contribution in [3.8, 4) is 0 Å². The van der Waals surface area contributed by atoms with Gasteiger partial charge in [0, 0.05) is 31.5 Å². The Bertz CT molecular complexity index is 284. The summed E-state index contributed by atoms with van der Waals surface area (Å²) in [6, 6.07) is 3.01. The lowest BCUT2D eigenvalue weighted by Crippen LogP contribution is -2.25. The van der Waals surface area contributed by atoms with Crippen LogP contribution in [0.15, 0.2) is 18.5 Å². The highest BCUT2D eigenvalue weighted by molar-refractivity contribution is 5.10. The van der Waals surface area contributed by atoms with Gasteiger partial charge in [-0.2, -0.15) is 0 Å². The molecule has 1 aromatic heterocycles. The summed E-state index contributed by atoms with van der Waals surface area (Å²) in [5.41, 5.74) is 1.43. The van der Waals surface area contributed by atoms with Crippen LogP contribution in [-0.4, -0.2) is 10.6 Å². The fourth-order valence-electron chi connectivity index (χ4n) is 2.38. The Hall–Kier alpha value is -0.760. The molecule has 0 saturated heterocycles. The van der Waals surface area contributed by atoms with Gasteiger partial charge in [0.05, 0.1) is 0 Å². The van der Waals surface area contributed by atoms with Crippen LogP contribution < -0.4 is 5.32 Å². The zero-order valence-corrected chi connectivity index (χ0v) is 9.71. The van der Waals surface area contributed by atoms with E-state index in [-0.39, 0.29) is 0 Å². The Balaban J connectivity index is 1.77. The first-order valence-corrected chi connectivity index (χ1v) is 6.26. The topological polar surface area (TPSA) is 17.0 Å². The molecule has 1 heterocycles. The van der Waals surface area contributed by atoms with Gasteiger partial charge in [0.2, 0.25) is 0 Å². The maximum absolute atomic E-state index is 3.64. The third-order valence-corrected chi connectivity index (χ3v) is 3.24. The first-order valence-electron chi connectivity index (χ1n) is 6.26. The van der Waals surface area contributed by atoms with Crippen LogP contribution in [0, 0.1) is 0 Å². The number of rotatable bonds is 5. The van der Waals surface area contributed by atoms with Gasteiger partial charge in [0.15, 0.2) is 0 Å². The van der Waals surface area contributed by atoms with E-state index in [1.807, 2.05) is 0 Å². The molecular formula is C13H22N2. The number of aryl methyl sites for hydroxylation is 1. The van der Waals surface area contributed by atoms with E-state index in [2.05, 4.69) is 35.3 Å². The largest absolute Gasteiger partial charge is 0.354 e. The molecule has 84 valence electrons. The van der Waals surface area contributed by atoms with Gasteiger partial charge in [-0.3, -0.25) is 0 Å². The van der Waals surface area contributed by atoms with Crippen molar-refractivity contribution in [3.05, 3.63) is 24.0 Å². The second-order valence-electron chi connectivity index (χ2n) is 4.62. The fraction of sp³-hybridized carbons (Fsp3) is 0.692. The number of aromatic nitrogens is 1. The van der Waals surface area contributed by atoms with E-state index >= 15 is 0 Å². The molecule has 1 fully saturated rings. The van der Waals surface area contributed by atoms with Crippen LogP contribution in [0.2, 0.25) is 0 Å². The van der Waals surface area contributed by atoms with Gasteiger partial charge in [0.25, 0.3) is 0 Å². The number of hydrogen-bond donors (Lipinski definition) is 1. The predicted molar refractivity (Wildman–Crippen MR) is 63.8 cm³/mol. The molecule has 0 atom stereocenters. The smallest absolute Gasteiger partial charge is 0.0223 e. The molecule has 15 heavy (non-hydrogen) atoms. The molecule has 0 aliphatic heterocycles. The van der Waals surface area contributed by atoms with E-state index < -0.39 is 0 Å². The Morgan fingerprint density at radius 1 is 1.40 bits per heavy atom. The highest BCUT2D eigenvalue weighted by atomic mass is 15.0. The van der Waals surface area contributed by atoms with Crippen molar-refractivity contribution >= 4 is 0 Å². The Labute approximate surface area is 92.7 Å². The lowest BCUT2D eigenvalue weighted by molar-refractivity contribution is 0.523. The second kappa shape index (κ2) is 5.36. The SMILES string of the molecule is CCCn1ccc(CNC2CCCC2)c1. The van der Waals surface area contributed by atoms with E-state index in [4.69, 9.17) is 0 Å². The molecule has 1 aliphatic rings. The second-order valence-corrected chi connectivity index (χ2v) is 4.62. The van der Waals surface area contributed by atoms with Gasteiger partial charge in [-0.1, -0.05) is 19.8 Å². The van der Waals surface area contributed by atoms with Crippen molar-refractivity contribution in [1.29, 1.82) is 0 Å². The van der Waals surface area contributed by atoms with Gasteiger partial charge in [-0.15, -0.1) is 0 Å². The molecule has 2 heteroatoms. The normalized spacial score (nSPS) is 17.4. The van der Waals surface area contributed by atoms with Crippen LogP contribution >= 0.6 is 0 Å². The first-order chi connectivity index (χ1) is 7.38. The molecule has 0 bridgehead atoms. The van der Waals surface area contributed by atoms with Crippen molar-refractivity contribution in [3.63, 3.8) is 0 Å². The molecule has 1 N–H and O–H groups in total. The lowest BCUT2D eigenvalue weighted by atomic mass is 10.2. The zero-order chi connectivity index (χ0) is 10.5. The maximum Gasteiger partial charge on any atom is 0.0223 e. The summed E-state index contributed by atoms with van der Waals surface area (Å²) >= 11 is 0. The molecular weight excluding hydrogens is 184 g/mol. The van der Waals surface area contributed by atoms with E-state index in [1.165, 1.54) is 37.7 Å². The zero-order valence-electron chi connectivity index (χ0n) is 9.71. The third kappa shape index (κ3) is 3.10. The molecule has 1 saturated carbocycles. The van der Waals surface area contributed by atoms with Crippen LogP contribution in [0.5, 0.6) is 0 Å². The molecule has 1 aliphatic carbocycles. The van der Waals surface area contributed by atoms with E-state index in [0.717, 1.165) is 19.1 Å². The van der Waals surface area contributed by atoms with Gasteiger partial charge < -0.3 is 9.88 Å². The van der Waals surface area contributed by atoms with Crippen molar-refractivity contribution in [1.82, 2.24) is 9.88 Å². The first kappa shape index (κ1) is 10.7. The van der Waals surface area contributed by atoms with E-state index in [1.54, 1.807) is 0 Å². The molecule has 0 radical (unpaired) electrons. The Morgan fingerprint density at radius 3 is 2.93 bits per heavy atom.